The summed E-state index contributed by atoms with van der Waals surface area (Å²) in [6, 6.07) is 10.1. The van der Waals surface area contributed by atoms with Gasteiger partial charge in [-0.05, 0) is 43.3 Å². The van der Waals surface area contributed by atoms with Crippen molar-refractivity contribution in [3.63, 3.8) is 0 Å². The van der Waals surface area contributed by atoms with Gasteiger partial charge in [-0.15, -0.1) is 11.3 Å². The summed E-state index contributed by atoms with van der Waals surface area (Å²) in [6.07, 6.45) is 1.79. The number of urea groups is 1. The van der Waals surface area contributed by atoms with Crippen LogP contribution < -0.4 is 16.0 Å². The number of hydrogen-bond donors (Lipinski definition) is 3. The Morgan fingerprint density at radius 3 is 2.46 bits per heavy atom. The third-order valence-electron chi connectivity index (χ3n) is 3.44. The minimum Gasteiger partial charge on any atom is -0.467 e. The van der Waals surface area contributed by atoms with Crippen molar-refractivity contribution in [1.29, 1.82) is 0 Å². The van der Waals surface area contributed by atoms with Crippen LogP contribution in [0, 0.1) is 6.92 Å². The van der Waals surface area contributed by atoms with Crippen LogP contribution in [-0.2, 0) is 17.8 Å². The van der Waals surface area contributed by atoms with Crippen molar-refractivity contribution < 1.29 is 14.0 Å². The molecule has 0 saturated carbocycles. The quantitative estimate of drug-likeness (QED) is 0.618. The Morgan fingerprint density at radius 1 is 1.12 bits per heavy atom. The number of hydrogen-bond acceptors (Lipinski definition) is 5. The lowest BCUT2D eigenvalue weighted by molar-refractivity contribution is -0.115. The normalized spacial score (nSPS) is 10.3. The van der Waals surface area contributed by atoms with Gasteiger partial charge in [0.25, 0.3) is 0 Å². The third-order valence-corrected chi connectivity index (χ3v) is 4.26. The van der Waals surface area contributed by atoms with E-state index in [-0.39, 0.29) is 18.4 Å². The van der Waals surface area contributed by atoms with Crippen LogP contribution in [0.4, 0.5) is 16.2 Å². The fourth-order valence-electron chi connectivity index (χ4n) is 2.25. The predicted molar refractivity (Wildman–Crippen MR) is 100 cm³/mol. The molecule has 0 fully saturated rings. The summed E-state index contributed by atoms with van der Waals surface area (Å²) in [5, 5.41) is 11.0. The zero-order valence-corrected chi connectivity index (χ0v) is 14.9. The minimum atomic E-state index is -0.336. The van der Waals surface area contributed by atoms with Gasteiger partial charge < -0.3 is 20.4 Å². The first-order valence-electron chi connectivity index (χ1n) is 7.96. The van der Waals surface area contributed by atoms with E-state index in [1.165, 1.54) is 11.3 Å². The molecule has 0 bridgehead atoms. The number of furan rings is 1. The predicted octanol–water partition coefficient (Wildman–Crippen LogP) is 3.55. The Balaban J connectivity index is 1.46. The van der Waals surface area contributed by atoms with Gasteiger partial charge in [0.15, 0.2) is 0 Å². The highest BCUT2D eigenvalue weighted by Crippen LogP contribution is 2.15. The van der Waals surface area contributed by atoms with E-state index in [1.807, 2.05) is 12.3 Å². The molecule has 1 aromatic carbocycles. The zero-order chi connectivity index (χ0) is 18.4. The summed E-state index contributed by atoms with van der Waals surface area (Å²) in [7, 11) is 0. The first kappa shape index (κ1) is 17.7. The topological polar surface area (TPSA) is 96.3 Å². The maximum absolute atomic E-state index is 12.0. The average Bonchev–Trinajstić information content (AvgIpc) is 3.26. The Labute approximate surface area is 154 Å². The molecular formula is C18H18N4O3S. The Kier molecular flexibility index (Phi) is 5.65. The van der Waals surface area contributed by atoms with Gasteiger partial charge in [-0.3, -0.25) is 4.79 Å². The van der Waals surface area contributed by atoms with Crippen molar-refractivity contribution in [2.45, 2.75) is 19.9 Å². The number of nitrogens with zero attached hydrogens (tertiary/aromatic N) is 1. The Hall–Kier alpha value is -3.13. The van der Waals surface area contributed by atoms with E-state index in [0.717, 1.165) is 10.7 Å². The number of nitrogens with one attached hydrogen (secondary N) is 3. The number of rotatable bonds is 6. The summed E-state index contributed by atoms with van der Waals surface area (Å²) >= 11 is 1.52. The molecular weight excluding hydrogens is 352 g/mol. The fourth-order valence-corrected chi connectivity index (χ4v) is 2.86. The molecule has 2 heterocycles. The zero-order valence-electron chi connectivity index (χ0n) is 14.1. The number of carbonyl (C=O) groups excluding carboxylic acids is 2. The lowest BCUT2D eigenvalue weighted by Gasteiger charge is -2.08. The Bertz CT molecular complexity index is 872. The standard InChI is InChI=1S/C18H18N4O3S/c1-12-20-15(11-26-12)9-17(23)21-13-4-6-14(7-5-13)22-18(24)19-10-16-3-2-8-25-16/h2-8,11H,9-10H2,1H3,(H,21,23)(H2,19,22,24). The highest BCUT2D eigenvalue weighted by Gasteiger charge is 2.07. The SMILES string of the molecule is Cc1nc(CC(=O)Nc2ccc(NC(=O)NCc3ccco3)cc2)cs1. The maximum atomic E-state index is 12.0. The fraction of sp³-hybridized carbons (Fsp3) is 0.167. The van der Waals surface area contributed by atoms with Crippen LogP contribution in [0.1, 0.15) is 16.5 Å². The number of anilines is 2. The first-order valence-corrected chi connectivity index (χ1v) is 8.84. The van der Waals surface area contributed by atoms with Gasteiger partial charge in [0.1, 0.15) is 5.76 Å². The van der Waals surface area contributed by atoms with Gasteiger partial charge in [-0.1, -0.05) is 0 Å². The van der Waals surface area contributed by atoms with Crippen molar-refractivity contribution in [1.82, 2.24) is 10.3 Å². The molecule has 3 N–H and O–H groups in total. The molecule has 134 valence electrons. The number of carbonyl (C=O) groups is 2. The molecule has 3 rings (SSSR count). The van der Waals surface area contributed by atoms with Crippen LogP contribution >= 0.6 is 11.3 Å². The van der Waals surface area contributed by atoms with Crippen molar-refractivity contribution in [2.24, 2.45) is 0 Å². The molecule has 3 aromatic rings. The number of aryl methyl sites for hydroxylation is 1. The largest absolute Gasteiger partial charge is 0.467 e. The van der Waals surface area contributed by atoms with E-state index in [9.17, 15) is 9.59 Å². The van der Waals surface area contributed by atoms with Crippen molar-refractivity contribution in [3.05, 3.63) is 64.5 Å². The Morgan fingerprint density at radius 2 is 1.85 bits per heavy atom. The van der Waals surface area contributed by atoms with Crippen molar-refractivity contribution in [2.75, 3.05) is 10.6 Å². The summed E-state index contributed by atoms with van der Waals surface area (Å²) in [6.45, 7) is 2.21. The number of aromatic nitrogens is 1. The van der Waals surface area contributed by atoms with Gasteiger partial charge in [0.2, 0.25) is 5.91 Å². The molecule has 2 aromatic heterocycles. The third kappa shape index (κ3) is 5.18. The molecule has 26 heavy (non-hydrogen) atoms. The second kappa shape index (κ2) is 8.30. The molecule has 7 nitrogen and oxygen atoms in total. The van der Waals surface area contributed by atoms with E-state index < -0.39 is 0 Å². The summed E-state index contributed by atoms with van der Waals surface area (Å²) in [4.78, 5) is 28.1. The van der Waals surface area contributed by atoms with Gasteiger partial charge >= 0.3 is 6.03 Å². The van der Waals surface area contributed by atoms with Crippen molar-refractivity contribution in [3.8, 4) is 0 Å². The van der Waals surface area contributed by atoms with E-state index in [4.69, 9.17) is 4.42 Å². The lowest BCUT2D eigenvalue weighted by atomic mass is 10.2. The number of thiazole rings is 1. The number of benzene rings is 1. The van der Waals surface area contributed by atoms with Crippen LogP contribution in [0.2, 0.25) is 0 Å². The molecule has 0 atom stereocenters. The highest BCUT2D eigenvalue weighted by atomic mass is 32.1. The van der Waals surface area contributed by atoms with E-state index in [0.29, 0.717) is 23.7 Å². The summed E-state index contributed by atoms with van der Waals surface area (Å²) in [5.41, 5.74) is 2.04. The molecule has 0 saturated heterocycles. The lowest BCUT2D eigenvalue weighted by Crippen LogP contribution is -2.27. The molecule has 0 aliphatic rings. The molecule has 0 unspecified atom stereocenters. The summed E-state index contributed by atoms with van der Waals surface area (Å²) < 4.78 is 5.14. The smallest absolute Gasteiger partial charge is 0.319 e. The summed E-state index contributed by atoms with van der Waals surface area (Å²) in [5.74, 6) is 0.542. The van der Waals surface area contributed by atoms with E-state index >= 15 is 0 Å². The molecule has 0 aliphatic carbocycles. The van der Waals surface area contributed by atoms with Gasteiger partial charge in [0.05, 0.1) is 29.9 Å². The number of amides is 3. The molecule has 0 radical (unpaired) electrons. The monoisotopic (exact) mass is 370 g/mol. The molecule has 0 spiro atoms. The van der Waals surface area contributed by atoms with Crippen LogP contribution in [0.25, 0.3) is 0 Å². The highest BCUT2D eigenvalue weighted by molar-refractivity contribution is 7.09. The maximum Gasteiger partial charge on any atom is 0.319 e. The van der Waals surface area contributed by atoms with Crippen LogP contribution in [0.3, 0.4) is 0 Å². The van der Waals surface area contributed by atoms with Crippen LogP contribution in [-0.4, -0.2) is 16.9 Å². The van der Waals surface area contributed by atoms with Gasteiger partial charge in [-0.2, -0.15) is 0 Å². The average molecular weight is 370 g/mol. The molecule has 8 heteroatoms. The second-order valence-electron chi connectivity index (χ2n) is 5.55. The van der Waals surface area contributed by atoms with Gasteiger partial charge in [0, 0.05) is 16.8 Å². The van der Waals surface area contributed by atoms with E-state index in [2.05, 4.69) is 20.9 Å². The van der Waals surface area contributed by atoms with E-state index in [1.54, 1.807) is 42.7 Å². The molecule has 3 amide bonds. The van der Waals surface area contributed by atoms with Crippen LogP contribution in [0.15, 0.2) is 52.5 Å². The van der Waals surface area contributed by atoms with Crippen LogP contribution in [0.5, 0.6) is 0 Å². The molecule has 0 aliphatic heterocycles. The second-order valence-corrected chi connectivity index (χ2v) is 6.61. The minimum absolute atomic E-state index is 0.132. The van der Waals surface area contributed by atoms with Gasteiger partial charge in [-0.25, -0.2) is 9.78 Å². The first-order chi connectivity index (χ1) is 12.6. The van der Waals surface area contributed by atoms with Crippen molar-refractivity contribution >= 4 is 34.6 Å².